The molecule has 4 aromatic rings. The SMILES string of the molecule is CCCCCCCc1ccc(C(=O)COC(=O)c2cc(-c3ccc(Cl)cc3)nc3ccc(C)cc23)cc1. The Morgan fingerprint density at radius 2 is 1.59 bits per heavy atom. The van der Waals surface area contributed by atoms with Gasteiger partial charge in [0, 0.05) is 21.5 Å². The predicted octanol–water partition coefficient (Wildman–Crippen LogP) is 8.42. The van der Waals surface area contributed by atoms with E-state index in [1.165, 1.54) is 31.2 Å². The van der Waals surface area contributed by atoms with Crippen molar-refractivity contribution in [1.29, 1.82) is 0 Å². The first-order chi connectivity index (χ1) is 17.9. The van der Waals surface area contributed by atoms with Crippen LogP contribution >= 0.6 is 11.6 Å². The summed E-state index contributed by atoms with van der Waals surface area (Å²) >= 11 is 6.04. The highest BCUT2D eigenvalue weighted by molar-refractivity contribution is 6.30. The molecule has 0 spiro atoms. The van der Waals surface area contributed by atoms with E-state index in [2.05, 4.69) is 6.92 Å². The summed E-state index contributed by atoms with van der Waals surface area (Å²) in [5.41, 5.74) is 5.30. The molecule has 5 heteroatoms. The summed E-state index contributed by atoms with van der Waals surface area (Å²) in [5, 5.41) is 1.32. The summed E-state index contributed by atoms with van der Waals surface area (Å²) in [6.07, 6.45) is 7.19. The number of rotatable bonds is 11. The molecule has 1 heterocycles. The lowest BCUT2D eigenvalue weighted by atomic mass is 10.0. The molecule has 0 atom stereocenters. The number of unbranched alkanes of at least 4 members (excludes halogenated alkanes) is 4. The third-order valence-electron chi connectivity index (χ3n) is 6.50. The molecule has 0 aliphatic heterocycles. The number of ketones is 1. The van der Waals surface area contributed by atoms with E-state index < -0.39 is 5.97 Å². The summed E-state index contributed by atoms with van der Waals surface area (Å²) in [6, 6.07) is 22.4. The number of carbonyl (C=O) groups excluding carboxylic acids is 2. The van der Waals surface area contributed by atoms with Gasteiger partial charge in [-0.25, -0.2) is 9.78 Å². The molecule has 0 aliphatic carbocycles. The molecule has 0 bridgehead atoms. The molecule has 37 heavy (non-hydrogen) atoms. The molecule has 0 amide bonds. The third kappa shape index (κ3) is 7.05. The topological polar surface area (TPSA) is 56.3 Å². The lowest BCUT2D eigenvalue weighted by Gasteiger charge is -2.11. The highest BCUT2D eigenvalue weighted by atomic mass is 35.5. The fourth-order valence-electron chi connectivity index (χ4n) is 4.36. The van der Waals surface area contributed by atoms with Crippen molar-refractivity contribution in [3.05, 3.63) is 100 Å². The van der Waals surface area contributed by atoms with Gasteiger partial charge in [0.1, 0.15) is 0 Å². The van der Waals surface area contributed by atoms with E-state index in [9.17, 15) is 9.59 Å². The normalized spacial score (nSPS) is 11.0. The summed E-state index contributed by atoms with van der Waals surface area (Å²) in [6.45, 7) is 3.85. The zero-order valence-electron chi connectivity index (χ0n) is 21.4. The smallest absolute Gasteiger partial charge is 0.339 e. The largest absolute Gasteiger partial charge is 0.454 e. The van der Waals surface area contributed by atoms with Crippen LogP contribution in [0.25, 0.3) is 22.2 Å². The molecule has 1 aromatic heterocycles. The van der Waals surface area contributed by atoms with E-state index in [1.807, 2.05) is 61.5 Å². The number of Topliss-reactive ketones (excluding diaryl/α,β-unsaturated/α-hetero) is 1. The number of aromatic nitrogens is 1. The number of hydrogen-bond acceptors (Lipinski definition) is 4. The van der Waals surface area contributed by atoms with Crippen molar-refractivity contribution in [1.82, 2.24) is 4.98 Å². The molecule has 0 saturated carbocycles. The second-order valence-electron chi connectivity index (χ2n) is 9.44. The Kier molecular flexibility index (Phi) is 9.08. The molecule has 0 saturated heterocycles. The van der Waals surface area contributed by atoms with Crippen LogP contribution in [0, 0.1) is 6.92 Å². The van der Waals surface area contributed by atoms with Crippen LogP contribution in [0.15, 0.2) is 72.8 Å². The first-order valence-electron chi connectivity index (χ1n) is 12.9. The molecule has 0 radical (unpaired) electrons. The van der Waals surface area contributed by atoms with Crippen LogP contribution < -0.4 is 0 Å². The van der Waals surface area contributed by atoms with Gasteiger partial charge in [0.15, 0.2) is 12.4 Å². The number of pyridine rings is 1. The summed E-state index contributed by atoms with van der Waals surface area (Å²) in [4.78, 5) is 30.7. The second-order valence-corrected chi connectivity index (χ2v) is 9.88. The van der Waals surface area contributed by atoms with Gasteiger partial charge in [0.05, 0.1) is 16.8 Å². The second kappa shape index (κ2) is 12.6. The lowest BCUT2D eigenvalue weighted by molar-refractivity contribution is 0.0476. The van der Waals surface area contributed by atoms with Crippen molar-refractivity contribution in [2.24, 2.45) is 0 Å². The Labute approximate surface area is 223 Å². The number of nitrogens with zero attached hydrogens (tertiary/aromatic N) is 1. The predicted molar refractivity (Wildman–Crippen MR) is 150 cm³/mol. The minimum absolute atomic E-state index is 0.227. The number of ether oxygens (including phenoxy) is 1. The molecular formula is C32H32ClNO3. The fraction of sp³-hybridized carbons (Fsp3) is 0.281. The van der Waals surface area contributed by atoms with Gasteiger partial charge in [-0.1, -0.05) is 92.2 Å². The lowest BCUT2D eigenvalue weighted by Crippen LogP contribution is -2.15. The van der Waals surface area contributed by atoms with Gasteiger partial charge in [-0.2, -0.15) is 0 Å². The monoisotopic (exact) mass is 513 g/mol. The summed E-state index contributed by atoms with van der Waals surface area (Å²) < 4.78 is 5.50. The van der Waals surface area contributed by atoms with Crippen LogP contribution in [0.2, 0.25) is 5.02 Å². The minimum Gasteiger partial charge on any atom is -0.454 e. The molecule has 3 aromatic carbocycles. The van der Waals surface area contributed by atoms with Crippen molar-refractivity contribution in [2.45, 2.75) is 52.4 Å². The van der Waals surface area contributed by atoms with E-state index in [1.54, 1.807) is 18.2 Å². The number of benzene rings is 3. The Balaban J connectivity index is 1.46. The van der Waals surface area contributed by atoms with Crippen LogP contribution in [0.5, 0.6) is 0 Å². The standard InChI is InChI=1S/C32H32ClNO3/c1-3-4-5-6-7-8-23-10-12-25(13-11-23)31(35)21-37-32(36)28-20-30(24-14-16-26(33)17-15-24)34-29-18-9-22(2)19-27(28)29/h9-20H,3-8,21H2,1-2H3. The Morgan fingerprint density at radius 1 is 0.865 bits per heavy atom. The van der Waals surface area contributed by atoms with Crippen LogP contribution in [0.4, 0.5) is 0 Å². The minimum atomic E-state index is -0.551. The van der Waals surface area contributed by atoms with Crippen LogP contribution in [0.1, 0.15) is 70.9 Å². The zero-order valence-corrected chi connectivity index (χ0v) is 22.2. The van der Waals surface area contributed by atoms with Crippen molar-refractivity contribution in [3.8, 4) is 11.3 Å². The molecule has 0 N–H and O–H groups in total. The average Bonchev–Trinajstić information content (AvgIpc) is 2.91. The number of fused-ring (bicyclic) bond motifs is 1. The van der Waals surface area contributed by atoms with Crippen molar-refractivity contribution >= 4 is 34.3 Å². The zero-order chi connectivity index (χ0) is 26.2. The van der Waals surface area contributed by atoms with Gasteiger partial charge >= 0.3 is 5.97 Å². The Hall–Kier alpha value is -3.50. The van der Waals surface area contributed by atoms with Crippen molar-refractivity contribution in [3.63, 3.8) is 0 Å². The fourth-order valence-corrected chi connectivity index (χ4v) is 4.49. The number of esters is 1. The molecule has 4 rings (SSSR count). The highest BCUT2D eigenvalue weighted by Crippen LogP contribution is 2.27. The number of halogens is 1. The molecule has 0 aliphatic rings. The first kappa shape index (κ1) is 26.6. The Morgan fingerprint density at radius 3 is 2.32 bits per heavy atom. The van der Waals surface area contributed by atoms with E-state index in [0.29, 0.717) is 32.7 Å². The van der Waals surface area contributed by atoms with E-state index in [-0.39, 0.29) is 12.4 Å². The quantitative estimate of drug-likeness (QED) is 0.115. The van der Waals surface area contributed by atoms with Crippen molar-refractivity contribution in [2.75, 3.05) is 6.61 Å². The van der Waals surface area contributed by atoms with Crippen LogP contribution in [0.3, 0.4) is 0 Å². The van der Waals surface area contributed by atoms with Gasteiger partial charge in [0.2, 0.25) is 0 Å². The molecular weight excluding hydrogens is 482 g/mol. The number of hydrogen-bond donors (Lipinski definition) is 0. The van der Waals surface area contributed by atoms with Gasteiger partial charge in [-0.3, -0.25) is 4.79 Å². The maximum Gasteiger partial charge on any atom is 0.339 e. The van der Waals surface area contributed by atoms with Gasteiger partial charge in [-0.15, -0.1) is 0 Å². The first-order valence-corrected chi connectivity index (χ1v) is 13.3. The van der Waals surface area contributed by atoms with Gasteiger partial charge in [0.25, 0.3) is 0 Å². The van der Waals surface area contributed by atoms with Gasteiger partial charge < -0.3 is 4.74 Å². The van der Waals surface area contributed by atoms with Crippen LogP contribution in [-0.2, 0) is 11.2 Å². The Bertz CT molecular complexity index is 1380. The average molecular weight is 514 g/mol. The van der Waals surface area contributed by atoms with Crippen LogP contribution in [-0.4, -0.2) is 23.3 Å². The van der Waals surface area contributed by atoms with Gasteiger partial charge in [-0.05, 0) is 55.7 Å². The van der Waals surface area contributed by atoms with E-state index in [4.69, 9.17) is 21.3 Å². The molecule has 190 valence electrons. The number of carbonyl (C=O) groups is 2. The molecule has 0 fully saturated rings. The molecule has 0 unspecified atom stereocenters. The molecule has 4 nitrogen and oxygen atoms in total. The highest BCUT2D eigenvalue weighted by Gasteiger charge is 2.17. The number of aryl methyl sites for hydroxylation is 2. The summed E-state index contributed by atoms with van der Waals surface area (Å²) in [5.74, 6) is -0.777. The third-order valence-corrected chi connectivity index (χ3v) is 6.76. The van der Waals surface area contributed by atoms with Crippen molar-refractivity contribution < 1.29 is 14.3 Å². The maximum absolute atomic E-state index is 13.2. The van der Waals surface area contributed by atoms with E-state index >= 15 is 0 Å². The van der Waals surface area contributed by atoms with E-state index in [0.717, 1.165) is 24.0 Å². The maximum atomic E-state index is 13.2. The summed E-state index contributed by atoms with van der Waals surface area (Å²) in [7, 11) is 0.